The summed E-state index contributed by atoms with van der Waals surface area (Å²) in [4.78, 5) is 0.321. The molecule has 1 aliphatic rings. The van der Waals surface area contributed by atoms with Gasteiger partial charge < -0.3 is 5.73 Å². The van der Waals surface area contributed by atoms with Gasteiger partial charge in [0, 0.05) is 17.1 Å². The first-order valence-electron chi connectivity index (χ1n) is 6.35. The van der Waals surface area contributed by atoms with Gasteiger partial charge in [0.05, 0.1) is 4.90 Å². The summed E-state index contributed by atoms with van der Waals surface area (Å²) in [5.74, 6) is 0.607. The molecular formula is C13H19BrN2O2S. The summed E-state index contributed by atoms with van der Waals surface area (Å²) >= 11 is 3.39. The lowest BCUT2D eigenvalue weighted by atomic mass is 9.83. The Hall–Kier alpha value is -0.430. The van der Waals surface area contributed by atoms with E-state index in [1.54, 1.807) is 13.0 Å². The lowest BCUT2D eigenvalue weighted by molar-refractivity contribution is 0.270. The highest BCUT2D eigenvalue weighted by atomic mass is 79.9. The predicted octanol–water partition coefficient (Wildman–Crippen LogP) is 2.29. The van der Waals surface area contributed by atoms with Crippen molar-refractivity contribution < 1.29 is 8.42 Å². The first kappa shape index (κ1) is 15.0. The highest BCUT2D eigenvalue weighted by molar-refractivity contribution is 9.10. The Bertz CT molecular complexity index is 581. The van der Waals surface area contributed by atoms with E-state index in [-0.39, 0.29) is 6.04 Å². The van der Waals surface area contributed by atoms with Crippen molar-refractivity contribution in [2.75, 3.05) is 0 Å². The highest BCUT2D eigenvalue weighted by Crippen LogP contribution is 2.30. The molecule has 0 aromatic heterocycles. The molecule has 0 aliphatic heterocycles. The average molecular weight is 347 g/mol. The molecule has 1 saturated carbocycles. The van der Waals surface area contributed by atoms with Crippen LogP contribution in [-0.2, 0) is 16.6 Å². The minimum atomic E-state index is -3.47. The van der Waals surface area contributed by atoms with E-state index in [1.165, 1.54) is 0 Å². The van der Waals surface area contributed by atoms with E-state index in [9.17, 15) is 8.42 Å². The summed E-state index contributed by atoms with van der Waals surface area (Å²) in [7, 11) is -3.47. The summed E-state index contributed by atoms with van der Waals surface area (Å²) in [5, 5.41) is 0. The molecule has 3 N–H and O–H groups in total. The first-order valence-corrected chi connectivity index (χ1v) is 8.62. The molecule has 0 spiro atoms. The number of halogens is 1. The highest BCUT2D eigenvalue weighted by Gasteiger charge is 2.30. The first-order chi connectivity index (χ1) is 8.83. The number of rotatable bonds is 4. The summed E-state index contributed by atoms with van der Waals surface area (Å²) < 4.78 is 28.4. The second kappa shape index (κ2) is 5.52. The zero-order valence-corrected chi connectivity index (χ0v) is 13.5. The van der Waals surface area contributed by atoms with Crippen molar-refractivity contribution in [3.63, 3.8) is 0 Å². The van der Waals surface area contributed by atoms with Gasteiger partial charge in [0.1, 0.15) is 0 Å². The number of hydrogen-bond donors (Lipinski definition) is 2. The molecule has 0 atom stereocenters. The maximum absolute atomic E-state index is 12.4. The second-order valence-electron chi connectivity index (χ2n) is 5.30. The minimum absolute atomic E-state index is 0.0692. The van der Waals surface area contributed by atoms with Crippen LogP contribution in [0.4, 0.5) is 0 Å². The summed E-state index contributed by atoms with van der Waals surface area (Å²) in [5.41, 5.74) is 7.13. The quantitative estimate of drug-likeness (QED) is 0.878. The van der Waals surface area contributed by atoms with E-state index in [0.717, 1.165) is 28.4 Å². The third kappa shape index (κ3) is 3.18. The molecule has 0 heterocycles. The molecule has 106 valence electrons. The van der Waals surface area contributed by atoms with Gasteiger partial charge in [-0.2, -0.15) is 0 Å². The van der Waals surface area contributed by atoms with Gasteiger partial charge in [0.2, 0.25) is 10.0 Å². The molecule has 0 amide bonds. The fourth-order valence-electron chi connectivity index (χ4n) is 2.39. The number of nitrogens with one attached hydrogen (secondary N) is 1. The molecule has 1 aromatic carbocycles. The van der Waals surface area contributed by atoms with Crippen molar-refractivity contribution in [1.29, 1.82) is 0 Å². The molecule has 1 aliphatic carbocycles. The molecular weight excluding hydrogens is 328 g/mol. The van der Waals surface area contributed by atoms with Gasteiger partial charge in [-0.1, -0.05) is 22.9 Å². The van der Waals surface area contributed by atoms with Gasteiger partial charge in [-0.15, -0.1) is 0 Å². The van der Waals surface area contributed by atoms with Crippen LogP contribution in [0.5, 0.6) is 0 Å². The van der Waals surface area contributed by atoms with E-state index < -0.39 is 10.0 Å². The van der Waals surface area contributed by atoms with Crippen LogP contribution < -0.4 is 10.5 Å². The van der Waals surface area contributed by atoms with E-state index in [4.69, 9.17) is 5.73 Å². The Kier molecular flexibility index (Phi) is 4.35. The van der Waals surface area contributed by atoms with Crippen LogP contribution >= 0.6 is 15.9 Å². The standard InChI is InChI=1S/C13H19BrN2O2S/c1-8-3-11(4-8)16-19(17,18)13-6-10(7-15)5-12(14)9(13)2/h5-6,8,11,16H,3-4,7,15H2,1-2H3. The molecule has 0 saturated heterocycles. The molecule has 0 unspecified atom stereocenters. The smallest absolute Gasteiger partial charge is 0.241 e. The zero-order chi connectivity index (χ0) is 14.2. The monoisotopic (exact) mass is 346 g/mol. The number of nitrogens with two attached hydrogens (primary N) is 1. The third-order valence-corrected chi connectivity index (χ3v) is 6.05. The van der Waals surface area contributed by atoms with E-state index in [0.29, 0.717) is 17.4 Å². The predicted molar refractivity (Wildman–Crippen MR) is 79.3 cm³/mol. The van der Waals surface area contributed by atoms with Crippen LogP contribution in [0.15, 0.2) is 21.5 Å². The van der Waals surface area contributed by atoms with Crippen LogP contribution in [0.1, 0.15) is 30.9 Å². The van der Waals surface area contributed by atoms with Crippen molar-refractivity contribution in [2.24, 2.45) is 11.7 Å². The van der Waals surface area contributed by atoms with Gasteiger partial charge in [-0.25, -0.2) is 13.1 Å². The van der Waals surface area contributed by atoms with Crippen molar-refractivity contribution in [2.45, 2.75) is 44.2 Å². The molecule has 4 nitrogen and oxygen atoms in total. The van der Waals surface area contributed by atoms with Gasteiger partial charge in [0.15, 0.2) is 0 Å². The van der Waals surface area contributed by atoms with Crippen LogP contribution in [0.3, 0.4) is 0 Å². The van der Waals surface area contributed by atoms with Crippen molar-refractivity contribution in [1.82, 2.24) is 4.72 Å². The van der Waals surface area contributed by atoms with Crippen LogP contribution in [-0.4, -0.2) is 14.5 Å². The Labute approximate surface area is 122 Å². The van der Waals surface area contributed by atoms with E-state index >= 15 is 0 Å². The van der Waals surface area contributed by atoms with Crippen LogP contribution in [0.25, 0.3) is 0 Å². The summed E-state index contributed by atoms with van der Waals surface area (Å²) in [6.45, 7) is 4.24. The Morgan fingerprint density at radius 2 is 2.05 bits per heavy atom. The summed E-state index contributed by atoms with van der Waals surface area (Å²) in [6, 6.07) is 3.59. The van der Waals surface area contributed by atoms with Crippen molar-refractivity contribution in [3.8, 4) is 0 Å². The summed E-state index contributed by atoms with van der Waals surface area (Å²) in [6.07, 6.45) is 1.83. The SMILES string of the molecule is Cc1c(Br)cc(CN)cc1S(=O)(=O)NC1CC(C)C1. The fourth-order valence-corrected chi connectivity index (χ4v) is 4.60. The normalized spacial score (nSPS) is 23.2. The Morgan fingerprint density at radius 1 is 1.42 bits per heavy atom. The van der Waals surface area contributed by atoms with E-state index in [1.807, 2.05) is 6.07 Å². The van der Waals surface area contributed by atoms with Gasteiger partial charge in [0.25, 0.3) is 0 Å². The molecule has 19 heavy (non-hydrogen) atoms. The fraction of sp³-hybridized carbons (Fsp3) is 0.538. The molecule has 1 aromatic rings. The molecule has 6 heteroatoms. The number of sulfonamides is 1. The van der Waals surface area contributed by atoms with Gasteiger partial charge in [-0.05, 0) is 48.9 Å². The van der Waals surface area contributed by atoms with Crippen LogP contribution in [0.2, 0.25) is 0 Å². The maximum Gasteiger partial charge on any atom is 0.241 e. The molecule has 2 rings (SSSR count). The Balaban J connectivity index is 2.31. The topological polar surface area (TPSA) is 72.2 Å². The second-order valence-corrected chi connectivity index (χ2v) is 7.84. The largest absolute Gasteiger partial charge is 0.326 e. The van der Waals surface area contributed by atoms with Gasteiger partial charge in [-0.3, -0.25) is 0 Å². The molecule has 0 bridgehead atoms. The lowest BCUT2D eigenvalue weighted by Crippen LogP contribution is -2.43. The average Bonchev–Trinajstić information content (AvgIpc) is 2.30. The van der Waals surface area contributed by atoms with Crippen molar-refractivity contribution >= 4 is 26.0 Å². The molecule has 1 fully saturated rings. The van der Waals surface area contributed by atoms with Crippen LogP contribution in [0, 0.1) is 12.8 Å². The third-order valence-electron chi connectivity index (χ3n) is 3.58. The minimum Gasteiger partial charge on any atom is -0.326 e. The lowest BCUT2D eigenvalue weighted by Gasteiger charge is -2.33. The van der Waals surface area contributed by atoms with Gasteiger partial charge >= 0.3 is 0 Å². The zero-order valence-electron chi connectivity index (χ0n) is 11.1. The maximum atomic E-state index is 12.4. The van der Waals surface area contributed by atoms with Crippen molar-refractivity contribution in [3.05, 3.63) is 27.7 Å². The number of benzene rings is 1. The number of hydrogen-bond acceptors (Lipinski definition) is 3. The molecule has 0 radical (unpaired) electrons. The Morgan fingerprint density at radius 3 is 2.58 bits per heavy atom. The van der Waals surface area contributed by atoms with E-state index in [2.05, 4.69) is 27.6 Å².